The topological polar surface area (TPSA) is 75.6 Å². The van der Waals surface area contributed by atoms with Gasteiger partial charge in [0.15, 0.2) is 0 Å². The lowest BCUT2D eigenvalue weighted by Gasteiger charge is -2.22. The molecule has 1 aliphatic carbocycles. The van der Waals surface area contributed by atoms with Gasteiger partial charge in [0.05, 0.1) is 27.9 Å². The maximum Gasteiger partial charge on any atom is 0.330 e. The van der Waals surface area contributed by atoms with E-state index in [2.05, 4.69) is 16.9 Å². The molecular formula is C20H33NO4S. The summed E-state index contributed by atoms with van der Waals surface area (Å²) in [5.41, 5.74) is 0. The molecule has 2 rings (SSSR count). The molecule has 0 aromatic rings. The first-order valence-corrected chi connectivity index (χ1v) is 10.7. The van der Waals surface area contributed by atoms with Crippen LogP contribution >= 0.6 is 0 Å². The van der Waals surface area contributed by atoms with Gasteiger partial charge in [-0.05, 0) is 77.7 Å². The Morgan fingerprint density at radius 3 is 2.69 bits per heavy atom. The minimum absolute atomic E-state index is 0.00273. The molecule has 0 aromatic heterocycles. The van der Waals surface area contributed by atoms with E-state index in [1.165, 1.54) is 6.08 Å². The average Bonchev–Trinajstić information content (AvgIpc) is 2.93. The maximum absolute atomic E-state index is 12.4. The Kier molecular flexibility index (Phi) is 7.62. The van der Waals surface area contributed by atoms with E-state index in [1.807, 2.05) is 27.7 Å². The van der Waals surface area contributed by atoms with Crippen molar-refractivity contribution in [2.45, 2.75) is 82.8 Å². The zero-order valence-electron chi connectivity index (χ0n) is 16.3. The Labute approximate surface area is 159 Å². The predicted molar refractivity (Wildman–Crippen MR) is 105 cm³/mol. The lowest BCUT2D eigenvalue weighted by atomic mass is 9.90. The molecule has 26 heavy (non-hydrogen) atoms. The van der Waals surface area contributed by atoms with Crippen molar-refractivity contribution in [3.8, 4) is 0 Å². The van der Waals surface area contributed by atoms with Gasteiger partial charge in [-0.3, -0.25) is 0 Å². The third kappa shape index (κ3) is 6.32. The van der Waals surface area contributed by atoms with Crippen LogP contribution in [0, 0.1) is 11.8 Å². The highest BCUT2D eigenvalue weighted by Crippen LogP contribution is 2.37. The summed E-state index contributed by atoms with van der Waals surface area (Å²) in [6.07, 6.45) is 10.7. The summed E-state index contributed by atoms with van der Waals surface area (Å²) in [6, 6.07) is 0.0950. The molecule has 0 unspecified atom stereocenters. The molecule has 0 spiro atoms. The number of rotatable bonds is 2. The summed E-state index contributed by atoms with van der Waals surface area (Å²) in [4.78, 5) is 11.9. The van der Waals surface area contributed by atoms with Crippen LogP contribution in [0.2, 0.25) is 0 Å². The largest absolute Gasteiger partial charge is 0.460 e. The van der Waals surface area contributed by atoms with E-state index < -0.39 is 23.1 Å². The monoisotopic (exact) mass is 383 g/mol. The standard InChI is InChI=1S/C20H33NO4S/c1-14-8-6-5-7-9-15-12-16(21-26(24)20(2,3)4)13-17(15)18(22)10-11-19(23)25-14/h7,9-11,14-18,21-22H,5-6,8,12-13H2,1-4H3/b9-7+,11-10+/t14-,15+,16+,17+,18+,26-/m0/s1. The van der Waals surface area contributed by atoms with Crippen molar-refractivity contribution in [2.75, 3.05) is 0 Å². The van der Waals surface area contributed by atoms with Gasteiger partial charge in [-0.25, -0.2) is 13.7 Å². The van der Waals surface area contributed by atoms with Gasteiger partial charge in [-0.2, -0.15) is 0 Å². The first-order chi connectivity index (χ1) is 12.2. The number of cyclic esters (lactones) is 1. The molecule has 1 fully saturated rings. The van der Waals surface area contributed by atoms with E-state index in [-0.39, 0.29) is 28.7 Å². The van der Waals surface area contributed by atoms with Gasteiger partial charge < -0.3 is 9.84 Å². The Hall–Kier alpha value is -0.980. The summed E-state index contributed by atoms with van der Waals surface area (Å²) in [7, 11) is -1.13. The smallest absolute Gasteiger partial charge is 0.330 e. The molecule has 1 saturated carbocycles. The molecule has 0 amide bonds. The van der Waals surface area contributed by atoms with Gasteiger partial charge in [0.1, 0.15) is 0 Å². The van der Waals surface area contributed by atoms with Crippen LogP contribution in [0.4, 0.5) is 0 Å². The molecule has 5 nitrogen and oxygen atoms in total. The Morgan fingerprint density at radius 1 is 1.27 bits per heavy atom. The molecule has 1 heterocycles. The number of ether oxygens (including phenoxy) is 1. The van der Waals surface area contributed by atoms with Crippen molar-refractivity contribution in [1.82, 2.24) is 4.72 Å². The fourth-order valence-electron chi connectivity index (χ4n) is 3.55. The Balaban J connectivity index is 2.10. The van der Waals surface area contributed by atoms with Gasteiger partial charge in [-0.1, -0.05) is 12.2 Å². The van der Waals surface area contributed by atoms with E-state index in [4.69, 9.17) is 4.74 Å². The van der Waals surface area contributed by atoms with Crippen LogP contribution in [0.15, 0.2) is 24.3 Å². The summed E-state index contributed by atoms with van der Waals surface area (Å²) in [5.74, 6) is -0.192. The van der Waals surface area contributed by atoms with Crippen LogP contribution in [-0.2, 0) is 20.5 Å². The van der Waals surface area contributed by atoms with Gasteiger partial charge in [-0.15, -0.1) is 0 Å². The molecule has 0 bridgehead atoms. The van der Waals surface area contributed by atoms with Crippen LogP contribution in [0.5, 0.6) is 0 Å². The Morgan fingerprint density at radius 2 is 2.00 bits per heavy atom. The second-order valence-corrected chi connectivity index (χ2v) is 10.4. The number of esters is 1. The van der Waals surface area contributed by atoms with Crippen LogP contribution in [0.1, 0.15) is 59.8 Å². The minimum atomic E-state index is -1.13. The average molecular weight is 384 g/mol. The highest BCUT2D eigenvalue weighted by Gasteiger charge is 2.38. The maximum atomic E-state index is 12.4. The van der Waals surface area contributed by atoms with E-state index in [1.54, 1.807) is 6.08 Å². The normalized spacial score (nSPS) is 37.4. The number of aliphatic hydroxyl groups is 1. The molecule has 2 N–H and O–H groups in total. The molecule has 2 aliphatic rings. The predicted octanol–water partition coefficient (Wildman–Crippen LogP) is 3.02. The minimum Gasteiger partial charge on any atom is -0.460 e. The molecule has 6 heteroatoms. The van der Waals surface area contributed by atoms with Crippen LogP contribution < -0.4 is 4.72 Å². The van der Waals surface area contributed by atoms with Gasteiger partial charge in [0, 0.05) is 12.1 Å². The summed E-state index contributed by atoms with van der Waals surface area (Å²) >= 11 is 0. The van der Waals surface area contributed by atoms with E-state index in [0.29, 0.717) is 0 Å². The zero-order chi connectivity index (χ0) is 19.3. The van der Waals surface area contributed by atoms with Crippen molar-refractivity contribution in [3.63, 3.8) is 0 Å². The lowest BCUT2D eigenvalue weighted by Crippen LogP contribution is -2.39. The molecule has 148 valence electrons. The number of hydrogen-bond donors (Lipinski definition) is 2. The molecular weight excluding hydrogens is 350 g/mol. The summed E-state index contributed by atoms with van der Waals surface area (Å²) in [6.45, 7) is 7.74. The number of carbonyl (C=O) groups is 1. The van der Waals surface area contributed by atoms with Crippen molar-refractivity contribution in [1.29, 1.82) is 0 Å². The number of allylic oxidation sites excluding steroid dienone is 2. The second-order valence-electron chi connectivity index (χ2n) is 8.45. The van der Waals surface area contributed by atoms with Crippen molar-refractivity contribution in [2.24, 2.45) is 11.8 Å². The van der Waals surface area contributed by atoms with Crippen molar-refractivity contribution < 1.29 is 18.8 Å². The number of hydrogen-bond acceptors (Lipinski definition) is 4. The van der Waals surface area contributed by atoms with Crippen LogP contribution in [0.3, 0.4) is 0 Å². The van der Waals surface area contributed by atoms with Gasteiger partial charge >= 0.3 is 5.97 Å². The number of nitrogens with one attached hydrogen (secondary N) is 1. The number of fused-ring (bicyclic) bond motifs is 1. The highest BCUT2D eigenvalue weighted by molar-refractivity contribution is 7.84. The van der Waals surface area contributed by atoms with E-state index in [0.717, 1.165) is 32.1 Å². The molecule has 6 atom stereocenters. The molecule has 0 aromatic carbocycles. The summed E-state index contributed by atoms with van der Waals surface area (Å²) < 4.78 is 20.6. The van der Waals surface area contributed by atoms with Gasteiger partial charge in [0.2, 0.25) is 0 Å². The third-order valence-corrected chi connectivity index (χ3v) is 6.70. The molecule has 0 radical (unpaired) electrons. The quantitative estimate of drug-likeness (QED) is 0.568. The molecule has 0 saturated heterocycles. The molecule has 1 aliphatic heterocycles. The van der Waals surface area contributed by atoms with Crippen molar-refractivity contribution in [3.05, 3.63) is 24.3 Å². The van der Waals surface area contributed by atoms with Crippen LogP contribution in [-0.4, -0.2) is 38.3 Å². The Bertz CT molecular complexity index is 567. The first-order valence-electron chi connectivity index (χ1n) is 9.58. The van der Waals surface area contributed by atoms with E-state index in [9.17, 15) is 14.1 Å². The fraction of sp³-hybridized carbons (Fsp3) is 0.750. The third-order valence-electron chi connectivity index (χ3n) is 5.04. The lowest BCUT2D eigenvalue weighted by molar-refractivity contribution is -0.142. The first kappa shape index (κ1) is 21.3. The number of aliphatic hydroxyl groups excluding tert-OH is 1. The number of carbonyl (C=O) groups excluding carboxylic acids is 1. The summed E-state index contributed by atoms with van der Waals surface area (Å²) in [5, 5.41) is 10.6. The van der Waals surface area contributed by atoms with E-state index >= 15 is 0 Å². The zero-order valence-corrected chi connectivity index (χ0v) is 17.1. The SMILES string of the molecule is C[C@H]1CCC/C=C/[C@@H]2C[C@@H](N[S@@](=O)C(C)(C)C)C[C@H]2[C@H](O)/C=C/C(=O)O1. The second kappa shape index (κ2) is 9.29. The van der Waals surface area contributed by atoms with Crippen LogP contribution in [0.25, 0.3) is 0 Å². The fourth-order valence-corrected chi connectivity index (χ4v) is 4.40. The van der Waals surface area contributed by atoms with Crippen molar-refractivity contribution >= 4 is 17.0 Å². The highest BCUT2D eigenvalue weighted by atomic mass is 32.2. The van der Waals surface area contributed by atoms with Gasteiger partial charge in [0.25, 0.3) is 0 Å².